The third-order valence-electron chi connectivity index (χ3n) is 1.70. The van der Waals surface area contributed by atoms with E-state index in [4.69, 9.17) is 5.11 Å². The van der Waals surface area contributed by atoms with Crippen LogP contribution in [0.4, 0.5) is 0 Å². The summed E-state index contributed by atoms with van der Waals surface area (Å²) in [5.41, 5.74) is -1.45. The molecule has 0 aliphatic carbocycles. The zero-order chi connectivity index (χ0) is 9.94. The number of aliphatic hydroxyl groups is 3. The Morgan fingerprint density at radius 2 is 1.83 bits per heavy atom. The minimum absolute atomic E-state index is 0.147. The van der Waals surface area contributed by atoms with Crippen molar-refractivity contribution in [3.63, 3.8) is 0 Å². The quantitative estimate of drug-likeness (QED) is 0.537. The first-order valence-corrected chi connectivity index (χ1v) is 3.92. The van der Waals surface area contributed by atoms with E-state index in [2.05, 4.69) is 0 Å². The Labute approximate surface area is 71.8 Å². The minimum atomic E-state index is -1.49. The van der Waals surface area contributed by atoms with Crippen molar-refractivity contribution in [3.05, 3.63) is 0 Å². The molecule has 12 heavy (non-hydrogen) atoms. The van der Waals surface area contributed by atoms with Gasteiger partial charge in [0.1, 0.15) is 12.2 Å². The Kier molecular flexibility index (Phi) is 3.83. The molecule has 0 rings (SSSR count). The van der Waals surface area contributed by atoms with Crippen molar-refractivity contribution >= 4 is 5.78 Å². The molecule has 0 aliphatic rings. The fraction of sp³-hybridized carbons (Fsp3) is 0.875. The number of Topliss-reactive ketones (excluding diaryl/α,β-unsaturated/α-hetero) is 1. The molecule has 0 saturated heterocycles. The molecule has 4 nitrogen and oxygen atoms in total. The molecule has 2 atom stereocenters. The van der Waals surface area contributed by atoms with Gasteiger partial charge in [-0.05, 0) is 13.8 Å². The van der Waals surface area contributed by atoms with Crippen LogP contribution in [0.1, 0.15) is 27.2 Å². The minimum Gasteiger partial charge on any atom is -0.388 e. The van der Waals surface area contributed by atoms with Gasteiger partial charge in [-0.25, -0.2) is 0 Å². The van der Waals surface area contributed by atoms with E-state index in [0.717, 1.165) is 0 Å². The lowest BCUT2D eigenvalue weighted by Crippen LogP contribution is -2.47. The van der Waals surface area contributed by atoms with Gasteiger partial charge < -0.3 is 15.3 Å². The van der Waals surface area contributed by atoms with E-state index in [1.54, 1.807) is 6.92 Å². The Balaban J connectivity index is 4.29. The van der Waals surface area contributed by atoms with Gasteiger partial charge in [-0.15, -0.1) is 0 Å². The van der Waals surface area contributed by atoms with Gasteiger partial charge in [0.15, 0.2) is 5.78 Å². The SMILES string of the molecule is CCC(=O)[C@@H](O)[C@H](O)C(C)(C)O. The van der Waals surface area contributed by atoms with Crippen LogP contribution >= 0.6 is 0 Å². The number of ketones is 1. The molecule has 0 radical (unpaired) electrons. The largest absolute Gasteiger partial charge is 0.388 e. The van der Waals surface area contributed by atoms with Crippen molar-refractivity contribution in [2.45, 2.75) is 45.0 Å². The molecule has 0 bridgehead atoms. The molecule has 0 aromatic carbocycles. The van der Waals surface area contributed by atoms with Gasteiger partial charge in [0.05, 0.1) is 5.60 Å². The maximum Gasteiger partial charge on any atom is 0.163 e. The first-order valence-electron chi connectivity index (χ1n) is 3.92. The van der Waals surface area contributed by atoms with Crippen molar-refractivity contribution in [1.82, 2.24) is 0 Å². The lowest BCUT2D eigenvalue weighted by Gasteiger charge is -2.27. The summed E-state index contributed by atoms with van der Waals surface area (Å²) < 4.78 is 0. The van der Waals surface area contributed by atoms with E-state index < -0.39 is 23.6 Å². The standard InChI is InChI=1S/C8H16O4/c1-4-5(9)6(10)7(11)8(2,3)12/h6-7,10-12H,4H2,1-3H3/t6-,7+/m1/s1. The Bertz CT molecular complexity index is 159. The first kappa shape index (κ1) is 11.6. The molecular formula is C8H16O4. The molecule has 0 aromatic rings. The highest BCUT2D eigenvalue weighted by Gasteiger charge is 2.34. The topological polar surface area (TPSA) is 77.8 Å². The molecule has 0 aliphatic heterocycles. The number of carbonyl (C=O) groups is 1. The smallest absolute Gasteiger partial charge is 0.163 e. The molecule has 0 unspecified atom stereocenters. The third-order valence-corrected chi connectivity index (χ3v) is 1.70. The molecule has 3 N–H and O–H groups in total. The molecule has 0 aromatic heterocycles. The maximum absolute atomic E-state index is 10.9. The molecule has 0 amide bonds. The lowest BCUT2D eigenvalue weighted by atomic mass is 9.94. The summed E-state index contributed by atoms with van der Waals surface area (Å²) in [6.45, 7) is 4.26. The van der Waals surface area contributed by atoms with Gasteiger partial charge in [0, 0.05) is 6.42 Å². The number of aliphatic hydroxyl groups excluding tert-OH is 2. The van der Waals surface area contributed by atoms with Crippen LogP contribution in [0.25, 0.3) is 0 Å². The van der Waals surface area contributed by atoms with Gasteiger partial charge in [-0.3, -0.25) is 4.79 Å². The zero-order valence-corrected chi connectivity index (χ0v) is 7.61. The Morgan fingerprint density at radius 3 is 2.08 bits per heavy atom. The van der Waals surface area contributed by atoms with Gasteiger partial charge in [0.2, 0.25) is 0 Å². The fourth-order valence-electron chi connectivity index (χ4n) is 0.772. The second kappa shape index (κ2) is 3.98. The summed E-state index contributed by atoms with van der Waals surface area (Å²) in [4.78, 5) is 10.9. The normalized spacial score (nSPS) is 17.2. The van der Waals surface area contributed by atoms with Crippen LogP contribution < -0.4 is 0 Å². The van der Waals surface area contributed by atoms with Gasteiger partial charge in [-0.2, -0.15) is 0 Å². The lowest BCUT2D eigenvalue weighted by molar-refractivity contribution is -0.146. The summed E-state index contributed by atoms with van der Waals surface area (Å²) in [6.07, 6.45) is -2.77. The van der Waals surface area contributed by atoms with Crippen molar-refractivity contribution in [1.29, 1.82) is 0 Å². The summed E-state index contributed by atoms with van der Waals surface area (Å²) >= 11 is 0. The Morgan fingerprint density at radius 1 is 1.42 bits per heavy atom. The summed E-state index contributed by atoms with van der Waals surface area (Å²) in [5.74, 6) is -0.468. The average Bonchev–Trinajstić information content (AvgIpc) is 1.98. The van der Waals surface area contributed by atoms with Gasteiger partial charge in [-0.1, -0.05) is 6.92 Å². The number of hydrogen-bond donors (Lipinski definition) is 3. The monoisotopic (exact) mass is 176 g/mol. The number of rotatable bonds is 4. The van der Waals surface area contributed by atoms with Crippen molar-refractivity contribution in [2.75, 3.05) is 0 Å². The van der Waals surface area contributed by atoms with Crippen molar-refractivity contribution in [3.8, 4) is 0 Å². The predicted octanol–water partition coefficient (Wildman–Crippen LogP) is -0.542. The van der Waals surface area contributed by atoms with Gasteiger partial charge in [0.25, 0.3) is 0 Å². The molecule has 0 fully saturated rings. The van der Waals surface area contributed by atoms with Crippen LogP contribution in [0.2, 0.25) is 0 Å². The Hall–Kier alpha value is -0.450. The zero-order valence-electron chi connectivity index (χ0n) is 7.61. The molecule has 0 saturated carbocycles. The van der Waals surface area contributed by atoms with E-state index in [0.29, 0.717) is 0 Å². The van der Waals surface area contributed by atoms with Crippen LogP contribution in [0.3, 0.4) is 0 Å². The summed E-state index contributed by atoms with van der Waals surface area (Å²) in [6, 6.07) is 0. The van der Waals surface area contributed by atoms with Crippen LogP contribution in [0.5, 0.6) is 0 Å². The molecule has 4 heteroatoms. The van der Waals surface area contributed by atoms with Crippen LogP contribution in [-0.2, 0) is 4.79 Å². The second-order valence-corrected chi connectivity index (χ2v) is 3.36. The van der Waals surface area contributed by atoms with Crippen molar-refractivity contribution < 1.29 is 20.1 Å². The maximum atomic E-state index is 10.9. The van der Waals surface area contributed by atoms with Gasteiger partial charge >= 0.3 is 0 Å². The average molecular weight is 176 g/mol. The third kappa shape index (κ3) is 2.89. The van der Waals surface area contributed by atoms with Crippen molar-refractivity contribution in [2.24, 2.45) is 0 Å². The van der Waals surface area contributed by atoms with Crippen LogP contribution in [0, 0.1) is 0 Å². The second-order valence-electron chi connectivity index (χ2n) is 3.36. The number of hydrogen-bond acceptors (Lipinski definition) is 4. The highest BCUT2D eigenvalue weighted by atomic mass is 16.4. The van der Waals surface area contributed by atoms with E-state index in [1.807, 2.05) is 0 Å². The fourth-order valence-corrected chi connectivity index (χ4v) is 0.772. The predicted molar refractivity (Wildman–Crippen MR) is 43.6 cm³/mol. The molecule has 0 spiro atoms. The highest BCUT2D eigenvalue weighted by Crippen LogP contribution is 2.13. The van der Waals surface area contributed by atoms with E-state index in [-0.39, 0.29) is 6.42 Å². The molecular weight excluding hydrogens is 160 g/mol. The first-order chi connectivity index (χ1) is 5.30. The molecule has 0 heterocycles. The highest BCUT2D eigenvalue weighted by molar-refractivity contribution is 5.83. The van der Waals surface area contributed by atoms with Crippen LogP contribution in [-0.4, -0.2) is 38.9 Å². The van der Waals surface area contributed by atoms with E-state index >= 15 is 0 Å². The van der Waals surface area contributed by atoms with E-state index in [9.17, 15) is 15.0 Å². The van der Waals surface area contributed by atoms with Crippen LogP contribution in [0.15, 0.2) is 0 Å². The van der Waals surface area contributed by atoms with E-state index in [1.165, 1.54) is 13.8 Å². The number of carbonyl (C=O) groups excluding carboxylic acids is 1. The molecule has 72 valence electrons. The summed E-state index contributed by atoms with van der Waals surface area (Å²) in [5, 5.41) is 27.6. The summed E-state index contributed by atoms with van der Waals surface area (Å²) in [7, 11) is 0.